The Kier molecular flexibility index (Phi) is 11.0. The fourth-order valence-electron chi connectivity index (χ4n) is 4.44. The summed E-state index contributed by atoms with van der Waals surface area (Å²) in [6, 6.07) is 9.71. The molecule has 0 aliphatic heterocycles. The zero-order valence-electron chi connectivity index (χ0n) is 22.5. The zero-order chi connectivity index (χ0) is 26.2. The van der Waals surface area contributed by atoms with Crippen LogP contribution in [0.5, 0.6) is 0 Å². The Bertz CT molecular complexity index is 838. The molecule has 0 spiro atoms. The van der Waals surface area contributed by atoms with Crippen LogP contribution >= 0.6 is 12.2 Å². The van der Waals surface area contributed by atoms with Crippen molar-refractivity contribution in [1.82, 2.24) is 26.2 Å². The summed E-state index contributed by atoms with van der Waals surface area (Å²) in [5.74, 6) is -0.368. The van der Waals surface area contributed by atoms with E-state index in [1.165, 1.54) is 16.9 Å². The minimum absolute atomic E-state index is 0.0294. The number of rotatable bonds is 9. The van der Waals surface area contributed by atoms with Crippen molar-refractivity contribution in [3.63, 3.8) is 0 Å². The highest BCUT2D eigenvalue weighted by Gasteiger charge is 2.36. The van der Waals surface area contributed by atoms with E-state index < -0.39 is 17.5 Å². The van der Waals surface area contributed by atoms with E-state index in [4.69, 9.17) is 12.2 Å². The van der Waals surface area contributed by atoms with Gasteiger partial charge in [0.05, 0.1) is 0 Å². The molecule has 196 valence electrons. The van der Waals surface area contributed by atoms with Crippen LogP contribution in [-0.2, 0) is 16.1 Å². The van der Waals surface area contributed by atoms with Crippen molar-refractivity contribution in [2.75, 3.05) is 14.1 Å². The molecule has 4 N–H and O–H groups in total. The van der Waals surface area contributed by atoms with Crippen LogP contribution in [0.4, 0.5) is 0 Å². The van der Waals surface area contributed by atoms with E-state index in [-0.39, 0.29) is 23.8 Å². The number of carbonyl (C=O) groups is 2. The number of hydrogen-bond acceptors (Lipinski definition) is 4. The Labute approximate surface area is 217 Å². The Morgan fingerprint density at radius 1 is 1.03 bits per heavy atom. The SMILES string of the molecule is CC(C)[C@@H](NC(=O)[C@@H](NC(=S)N[C@H]1CCCC[C@@H]1NCc1ccccc1)C(C)(C)C)C(=O)N(C)C. The summed E-state index contributed by atoms with van der Waals surface area (Å²) in [6.45, 7) is 10.7. The standard InChI is InChI=1S/C27H45N5O2S/c1-18(2)22(25(34)32(6)7)30-24(33)23(27(3,4)5)31-26(35)29-21-16-12-11-15-20(21)28-17-19-13-9-8-10-14-19/h8-10,13-14,18,20-23,28H,11-12,15-17H2,1-7H3,(H,30,33)(H2,29,31,35)/t20-,21-,22+,23+/m0/s1. The number of benzene rings is 1. The smallest absolute Gasteiger partial charge is 0.244 e. The maximum atomic E-state index is 13.3. The molecule has 0 radical (unpaired) electrons. The van der Waals surface area contributed by atoms with Gasteiger partial charge in [0.25, 0.3) is 0 Å². The third-order valence-corrected chi connectivity index (χ3v) is 6.80. The van der Waals surface area contributed by atoms with Gasteiger partial charge in [0.15, 0.2) is 5.11 Å². The lowest BCUT2D eigenvalue weighted by Crippen LogP contribution is -2.61. The van der Waals surface area contributed by atoms with Crippen molar-refractivity contribution in [3.05, 3.63) is 35.9 Å². The molecule has 1 aromatic rings. The summed E-state index contributed by atoms with van der Waals surface area (Å²) in [5.41, 5.74) is 0.852. The zero-order valence-corrected chi connectivity index (χ0v) is 23.3. The Hall–Kier alpha value is -2.19. The van der Waals surface area contributed by atoms with E-state index in [0.29, 0.717) is 11.2 Å². The first-order chi connectivity index (χ1) is 16.4. The highest BCUT2D eigenvalue weighted by Crippen LogP contribution is 2.22. The molecule has 1 aromatic carbocycles. The summed E-state index contributed by atoms with van der Waals surface area (Å²) >= 11 is 5.68. The molecule has 0 unspecified atom stereocenters. The highest BCUT2D eigenvalue weighted by molar-refractivity contribution is 7.80. The minimum atomic E-state index is -0.587. The normalized spacial score (nSPS) is 20.0. The molecule has 35 heavy (non-hydrogen) atoms. The lowest BCUT2D eigenvalue weighted by Gasteiger charge is -2.37. The molecule has 7 nitrogen and oxygen atoms in total. The number of amides is 2. The maximum Gasteiger partial charge on any atom is 0.244 e. The van der Waals surface area contributed by atoms with E-state index in [1.807, 2.05) is 40.7 Å². The summed E-state index contributed by atoms with van der Waals surface area (Å²) in [4.78, 5) is 27.5. The van der Waals surface area contributed by atoms with Crippen LogP contribution in [0.1, 0.15) is 65.9 Å². The van der Waals surface area contributed by atoms with E-state index in [1.54, 1.807) is 14.1 Å². The minimum Gasteiger partial charge on any atom is -0.358 e. The second-order valence-corrected chi connectivity index (χ2v) is 11.7. The molecular weight excluding hydrogens is 458 g/mol. The first-order valence-corrected chi connectivity index (χ1v) is 13.2. The molecule has 0 aromatic heterocycles. The monoisotopic (exact) mass is 503 g/mol. The third-order valence-electron chi connectivity index (χ3n) is 6.57. The van der Waals surface area contributed by atoms with Crippen LogP contribution in [0.3, 0.4) is 0 Å². The van der Waals surface area contributed by atoms with Crippen molar-refractivity contribution in [1.29, 1.82) is 0 Å². The van der Waals surface area contributed by atoms with Crippen LogP contribution in [0.2, 0.25) is 0 Å². The van der Waals surface area contributed by atoms with Crippen LogP contribution in [-0.4, -0.2) is 60.1 Å². The quantitative estimate of drug-likeness (QED) is 0.387. The van der Waals surface area contributed by atoms with Crippen LogP contribution in [0, 0.1) is 11.3 Å². The molecule has 1 saturated carbocycles. The molecule has 2 amide bonds. The third kappa shape index (κ3) is 9.08. The lowest BCUT2D eigenvalue weighted by molar-refractivity contribution is -0.136. The molecule has 1 aliphatic carbocycles. The van der Waals surface area contributed by atoms with Gasteiger partial charge in [-0.15, -0.1) is 0 Å². The van der Waals surface area contributed by atoms with Crippen molar-refractivity contribution < 1.29 is 9.59 Å². The van der Waals surface area contributed by atoms with Gasteiger partial charge in [0.1, 0.15) is 12.1 Å². The molecule has 4 atom stereocenters. The number of carbonyl (C=O) groups excluding carboxylic acids is 2. The first kappa shape index (κ1) is 29.0. The van der Waals surface area contributed by atoms with Gasteiger partial charge in [-0.05, 0) is 42.0 Å². The van der Waals surface area contributed by atoms with Crippen LogP contribution in [0.15, 0.2) is 30.3 Å². The summed E-state index contributed by atoms with van der Waals surface area (Å²) in [6.07, 6.45) is 4.44. The van der Waals surface area contributed by atoms with Crippen molar-refractivity contribution in [2.45, 2.75) is 91.0 Å². The van der Waals surface area contributed by atoms with Crippen molar-refractivity contribution in [3.8, 4) is 0 Å². The molecule has 2 rings (SSSR count). The van der Waals surface area contributed by atoms with Crippen molar-refractivity contribution >= 4 is 29.1 Å². The molecule has 8 heteroatoms. The number of nitrogens with one attached hydrogen (secondary N) is 4. The highest BCUT2D eigenvalue weighted by atomic mass is 32.1. The average Bonchev–Trinajstić information content (AvgIpc) is 2.79. The van der Waals surface area contributed by atoms with Gasteiger partial charge in [-0.1, -0.05) is 77.8 Å². The van der Waals surface area contributed by atoms with E-state index >= 15 is 0 Å². The molecule has 0 bridgehead atoms. The second-order valence-electron chi connectivity index (χ2n) is 11.2. The van der Waals surface area contributed by atoms with E-state index in [9.17, 15) is 9.59 Å². The number of nitrogens with zero attached hydrogens (tertiary/aromatic N) is 1. The number of likely N-dealkylation sites (N-methyl/N-ethyl adjacent to an activating group) is 1. The Morgan fingerprint density at radius 3 is 2.17 bits per heavy atom. The fraction of sp³-hybridized carbons (Fsp3) is 0.667. The largest absolute Gasteiger partial charge is 0.358 e. The van der Waals surface area contributed by atoms with Crippen LogP contribution < -0.4 is 21.3 Å². The summed E-state index contributed by atoms with van der Waals surface area (Å²) < 4.78 is 0. The van der Waals surface area contributed by atoms with Gasteiger partial charge in [0, 0.05) is 32.7 Å². The van der Waals surface area contributed by atoms with Gasteiger partial charge in [0.2, 0.25) is 11.8 Å². The van der Waals surface area contributed by atoms with E-state index in [2.05, 4.69) is 45.5 Å². The average molecular weight is 504 g/mol. The Balaban J connectivity index is 2.03. The van der Waals surface area contributed by atoms with Gasteiger partial charge in [-0.25, -0.2) is 0 Å². The number of thiocarbonyl (C=S) groups is 1. The second kappa shape index (κ2) is 13.2. The maximum absolute atomic E-state index is 13.3. The summed E-state index contributed by atoms with van der Waals surface area (Å²) in [7, 11) is 3.41. The predicted octanol–water partition coefficient (Wildman–Crippen LogP) is 3.20. The van der Waals surface area contributed by atoms with Crippen LogP contribution in [0.25, 0.3) is 0 Å². The first-order valence-electron chi connectivity index (χ1n) is 12.8. The summed E-state index contributed by atoms with van der Waals surface area (Å²) in [5, 5.41) is 13.9. The molecular formula is C27H45N5O2S. The van der Waals surface area contributed by atoms with Gasteiger partial charge < -0.3 is 26.2 Å². The van der Waals surface area contributed by atoms with E-state index in [0.717, 1.165) is 25.8 Å². The molecule has 1 fully saturated rings. The molecule has 1 aliphatic rings. The molecule has 0 heterocycles. The van der Waals surface area contributed by atoms with Crippen molar-refractivity contribution in [2.24, 2.45) is 11.3 Å². The lowest BCUT2D eigenvalue weighted by atomic mass is 9.85. The molecule has 0 saturated heterocycles. The topological polar surface area (TPSA) is 85.5 Å². The predicted molar refractivity (Wildman–Crippen MR) is 147 cm³/mol. The Morgan fingerprint density at radius 2 is 1.63 bits per heavy atom. The van der Waals surface area contributed by atoms with Gasteiger partial charge in [-0.2, -0.15) is 0 Å². The van der Waals surface area contributed by atoms with Gasteiger partial charge in [-0.3, -0.25) is 9.59 Å². The fourth-order valence-corrected chi connectivity index (χ4v) is 4.71. The number of hydrogen-bond donors (Lipinski definition) is 4. The van der Waals surface area contributed by atoms with Gasteiger partial charge >= 0.3 is 0 Å².